The van der Waals surface area contributed by atoms with Crippen molar-refractivity contribution in [1.29, 1.82) is 0 Å². The molecule has 92 valence electrons. The molecule has 4 nitrogen and oxygen atoms in total. The van der Waals surface area contributed by atoms with E-state index in [4.69, 9.17) is 0 Å². The van der Waals surface area contributed by atoms with E-state index in [0.717, 1.165) is 0 Å². The van der Waals surface area contributed by atoms with Crippen LogP contribution in [0.15, 0.2) is 10.6 Å². The first kappa shape index (κ1) is 14.5. The number of halogens is 3. The number of amides is 1. The summed E-state index contributed by atoms with van der Waals surface area (Å²) >= 11 is 0. The minimum Gasteiger partial charge on any atom is -0.349 e. The summed E-state index contributed by atoms with van der Waals surface area (Å²) in [5.74, 6) is -1.89. The molecule has 0 bridgehead atoms. The first-order chi connectivity index (χ1) is 7.43. The Morgan fingerprint density at radius 2 is 2.06 bits per heavy atom. The summed E-state index contributed by atoms with van der Waals surface area (Å²) < 4.78 is 39.9. The van der Waals surface area contributed by atoms with E-state index in [1.165, 1.54) is 0 Å². The summed E-state index contributed by atoms with van der Waals surface area (Å²) in [7, 11) is 0. The molecule has 0 unspecified atom stereocenters. The van der Waals surface area contributed by atoms with Crippen LogP contribution in [-0.2, 0) is 11.0 Å². The summed E-state index contributed by atoms with van der Waals surface area (Å²) in [6.45, 7) is 5.57. The Morgan fingerprint density at radius 1 is 1.50 bits per heavy atom. The number of hydrogen-bond donors (Lipinski definition) is 1. The molecule has 1 amide bonds. The fraction of sp³-hybridized carbons (Fsp3) is 0.556. The van der Waals surface area contributed by atoms with Crippen molar-refractivity contribution in [3.8, 4) is 0 Å². The van der Waals surface area contributed by atoms with Crippen molar-refractivity contribution in [1.82, 2.24) is 5.16 Å². The number of alkyl halides is 3. The van der Waals surface area contributed by atoms with Crippen LogP contribution in [0.5, 0.6) is 0 Å². The summed E-state index contributed by atoms with van der Waals surface area (Å²) in [4.78, 5) is 10.8. The number of carbonyl (C=O) groups excluding carboxylic acids is 1. The molecule has 0 atom stereocenters. The Balaban J connectivity index is 0.00000106. The molecule has 0 radical (unpaired) electrons. The highest BCUT2D eigenvalue weighted by Crippen LogP contribution is 2.30. The Kier molecular flexibility index (Phi) is 5.55. The lowest BCUT2D eigenvalue weighted by Gasteiger charge is -1.97. The smallest absolute Gasteiger partial charge is 0.349 e. The van der Waals surface area contributed by atoms with Gasteiger partial charge in [-0.3, -0.25) is 4.79 Å². The van der Waals surface area contributed by atoms with Gasteiger partial charge in [0.05, 0.1) is 0 Å². The van der Waals surface area contributed by atoms with Gasteiger partial charge >= 0.3 is 6.18 Å². The topological polar surface area (TPSA) is 55.1 Å². The molecule has 0 aliphatic heterocycles. The molecule has 7 heteroatoms. The molecular weight excluding hydrogens is 225 g/mol. The van der Waals surface area contributed by atoms with E-state index in [2.05, 4.69) is 15.0 Å². The van der Waals surface area contributed by atoms with E-state index in [0.29, 0.717) is 6.07 Å². The van der Waals surface area contributed by atoms with Crippen molar-refractivity contribution in [2.75, 3.05) is 5.32 Å². The van der Waals surface area contributed by atoms with Crippen LogP contribution in [0.3, 0.4) is 0 Å². The lowest BCUT2D eigenvalue weighted by molar-refractivity contribution is -0.155. The molecule has 0 fully saturated rings. The summed E-state index contributed by atoms with van der Waals surface area (Å²) in [5, 5.41) is 5.18. The fourth-order valence-corrected chi connectivity index (χ4v) is 0.699. The summed E-state index contributed by atoms with van der Waals surface area (Å²) in [6, 6.07) is 0.632. The van der Waals surface area contributed by atoms with E-state index in [1.807, 2.05) is 13.8 Å². The summed E-state index contributed by atoms with van der Waals surface area (Å²) in [6.07, 6.45) is -4.42. The second-order valence-electron chi connectivity index (χ2n) is 2.48. The van der Waals surface area contributed by atoms with Gasteiger partial charge in [0.15, 0.2) is 5.82 Å². The largest absolute Gasteiger partial charge is 0.452 e. The van der Waals surface area contributed by atoms with Crippen molar-refractivity contribution < 1.29 is 22.5 Å². The van der Waals surface area contributed by atoms with Gasteiger partial charge in [-0.1, -0.05) is 25.9 Å². The monoisotopic (exact) mass is 238 g/mol. The van der Waals surface area contributed by atoms with Crippen LogP contribution in [0.25, 0.3) is 0 Å². The molecule has 1 heterocycles. The van der Waals surface area contributed by atoms with Crippen molar-refractivity contribution in [3.63, 3.8) is 0 Å². The molecule has 0 aromatic carbocycles. The maximum Gasteiger partial charge on any atom is 0.452 e. The number of nitrogens with one attached hydrogen (secondary N) is 1. The number of aromatic nitrogens is 1. The third kappa shape index (κ3) is 4.33. The maximum absolute atomic E-state index is 12.0. The molecule has 16 heavy (non-hydrogen) atoms. The minimum absolute atomic E-state index is 0.161. The van der Waals surface area contributed by atoms with Crippen LogP contribution < -0.4 is 5.32 Å². The van der Waals surface area contributed by atoms with Gasteiger partial charge in [-0.2, -0.15) is 13.2 Å². The van der Waals surface area contributed by atoms with Crippen molar-refractivity contribution in [2.45, 2.75) is 33.4 Å². The first-order valence-corrected chi connectivity index (χ1v) is 4.77. The lowest BCUT2D eigenvalue weighted by atomic mass is 10.4. The average Bonchev–Trinajstić information content (AvgIpc) is 2.68. The predicted molar refractivity (Wildman–Crippen MR) is 51.8 cm³/mol. The third-order valence-electron chi connectivity index (χ3n) is 1.38. The van der Waals surface area contributed by atoms with E-state index in [9.17, 15) is 18.0 Å². The molecule has 0 aliphatic carbocycles. The average molecular weight is 238 g/mol. The molecular formula is C9H13F3N2O2. The lowest BCUT2D eigenvalue weighted by Crippen LogP contribution is -2.09. The van der Waals surface area contributed by atoms with Crippen LogP contribution in [-0.4, -0.2) is 11.1 Å². The summed E-state index contributed by atoms with van der Waals surface area (Å²) in [5.41, 5.74) is 0. The zero-order valence-electron chi connectivity index (χ0n) is 9.18. The quantitative estimate of drug-likeness (QED) is 0.861. The van der Waals surface area contributed by atoms with Gasteiger partial charge in [0, 0.05) is 12.5 Å². The maximum atomic E-state index is 12.0. The van der Waals surface area contributed by atoms with Gasteiger partial charge in [-0.15, -0.1) is 0 Å². The molecule has 1 N–H and O–H groups in total. The van der Waals surface area contributed by atoms with Gasteiger partial charge in [-0.25, -0.2) is 0 Å². The second kappa shape index (κ2) is 6.14. The van der Waals surface area contributed by atoms with Crippen LogP contribution in [0.1, 0.15) is 33.0 Å². The SMILES string of the molecule is CC.CCC(=O)Nc1cc(C(F)(F)F)on1. The van der Waals surface area contributed by atoms with E-state index in [-0.39, 0.29) is 12.2 Å². The molecule has 0 saturated carbocycles. The number of rotatable bonds is 2. The highest BCUT2D eigenvalue weighted by molar-refractivity contribution is 5.89. The fourth-order valence-electron chi connectivity index (χ4n) is 0.699. The molecule has 1 aromatic rings. The number of carbonyl (C=O) groups is 1. The normalized spacial score (nSPS) is 10.4. The van der Waals surface area contributed by atoms with Gasteiger partial charge in [0.25, 0.3) is 0 Å². The molecule has 1 aromatic heterocycles. The van der Waals surface area contributed by atoms with Crippen LogP contribution in [0.2, 0.25) is 0 Å². The first-order valence-electron chi connectivity index (χ1n) is 4.77. The highest BCUT2D eigenvalue weighted by Gasteiger charge is 2.36. The van der Waals surface area contributed by atoms with Crippen LogP contribution in [0.4, 0.5) is 19.0 Å². The second-order valence-corrected chi connectivity index (χ2v) is 2.48. The Morgan fingerprint density at radius 3 is 2.44 bits per heavy atom. The van der Waals surface area contributed by atoms with Gasteiger partial charge < -0.3 is 9.84 Å². The highest BCUT2D eigenvalue weighted by atomic mass is 19.4. The van der Waals surface area contributed by atoms with E-state index < -0.39 is 17.8 Å². The zero-order chi connectivity index (χ0) is 12.8. The van der Waals surface area contributed by atoms with Crippen LogP contribution >= 0.6 is 0 Å². The van der Waals surface area contributed by atoms with Crippen molar-refractivity contribution in [2.24, 2.45) is 0 Å². The predicted octanol–water partition coefficient (Wildman–Crippen LogP) is 3.07. The van der Waals surface area contributed by atoms with Crippen LogP contribution in [0, 0.1) is 0 Å². The van der Waals surface area contributed by atoms with Gasteiger partial charge in [0.1, 0.15) is 0 Å². The van der Waals surface area contributed by atoms with Crippen molar-refractivity contribution in [3.05, 3.63) is 11.8 Å². The Hall–Kier alpha value is -1.53. The van der Waals surface area contributed by atoms with E-state index >= 15 is 0 Å². The zero-order valence-corrected chi connectivity index (χ0v) is 9.18. The number of nitrogens with zero attached hydrogens (tertiary/aromatic N) is 1. The molecule has 1 rings (SSSR count). The van der Waals surface area contributed by atoms with Crippen molar-refractivity contribution >= 4 is 11.7 Å². The van der Waals surface area contributed by atoms with E-state index in [1.54, 1.807) is 6.92 Å². The van der Waals surface area contributed by atoms with Gasteiger partial charge in [-0.05, 0) is 0 Å². The Bertz CT molecular complexity index is 334. The Labute approximate surface area is 90.8 Å². The molecule has 0 saturated heterocycles. The molecule has 0 spiro atoms. The van der Waals surface area contributed by atoms with Gasteiger partial charge in [0.2, 0.25) is 11.7 Å². The standard InChI is InChI=1S/C7H7F3N2O2.C2H6/c1-2-6(13)11-5-3-4(14-12-5)7(8,9)10;1-2/h3H,2H2,1H3,(H,11,12,13);1-2H3. The number of hydrogen-bond acceptors (Lipinski definition) is 3. The third-order valence-corrected chi connectivity index (χ3v) is 1.38. The minimum atomic E-state index is -4.58. The number of anilines is 1. The molecule has 0 aliphatic rings.